The molecule has 1 rings (SSSR count). The Morgan fingerprint density at radius 3 is 2.53 bits per heavy atom. The van der Waals surface area contributed by atoms with Gasteiger partial charge in [-0.25, -0.2) is 0 Å². The van der Waals surface area contributed by atoms with Gasteiger partial charge in [0, 0.05) is 12.6 Å². The van der Waals surface area contributed by atoms with Crippen LogP contribution in [-0.4, -0.2) is 42.7 Å². The van der Waals surface area contributed by atoms with Crippen molar-refractivity contribution in [2.45, 2.75) is 51.7 Å². The van der Waals surface area contributed by atoms with Crippen LogP contribution in [0.15, 0.2) is 0 Å². The van der Waals surface area contributed by atoms with Crippen LogP contribution in [-0.2, 0) is 4.79 Å². The molecule has 0 unspecified atom stereocenters. The fourth-order valence-electron chi connectivity index (χ4n) is 2.44. The van der Waals surface area contributed by atoms with Gasteiger partial charge < -0.3 is 5.32 Å². The number of hydrogen-bond acceptors (Lipinski definition) is 2. The number of carbonyl (C=O) groups excluding carboxylic acids is 1. The third kappa shape index (κ3) is 5.38. The molecule has 1 atom stereocenters. The molecule has 0 aromatic rings. The van der Waals surface area contributed by atoms with Crippen molar-refractivity contribution in [3.63, 3.8) is 0 Å². The average Bonchev–Trinajstić information content (AvgIpc) is 2.35. The van der Waals surface area contributed by atoms with E-state index in [-0.39, 0.29) is 31.5 Å². The Morgan fingerprint density at radius 1 is 1.37 bits per heavy atom. The lowest BCUT2D eigenvalue weighted by Gasteiger charge is -2.33. The molecule has 0 aromatic heterocycles. The Kier molecular flexibility index (Phi) is 6.10. The second-order valence-electron chi connectivity index (χ2n) is 5.20. The summed E-state index contributed by atoms with van der Waals surface area (Å²) in [6.07, 6.45) is -1.79. The molecule has 1 amide bonds. The molecule has 0 bridgehead atoms. The van der Waals surface area contributed by atoms with Crippen LogP contribution >= 0.6 is 0 Å². The molecule has 1 fully saturated rings. The first kappa shape index (κ1) is 16.3. The lowest BCUT2D eigenvalue weighted by Crippen LogP contribution is -2.47. The molecule has 1 aliphatic rings. The summed E-state index contributed by atoms with van der Waals surface area (Å²) < 4.78 is 37.9. The van der Waals surface area contributed by atoms with E-state index in [4.69, 9.17) is 0 Å². The summed E-state index contributed by atoms with van der Waals surface area (Å²) in [6, 6.07) is 0.121. The fourth-order valence-corrected chi connectivity index (χ4v) is 2.44. The van der Waals surface area contributed by atoms with Crippen molar-refractivity contribution in [1.82, 2.24) is 10.2 Å². The number of hydrogen-bond donors (Lipinski definition) is 1. The zero-order valence-electron chi connectivity index (χ0n) is 11.6. The number of halogens is 3. The number of amides is 1. The molecule has 0 radical (unpaired) electrons. The van der Waals surface area contributed by atoms with Crippen LogP contribution in [0.1, 0.15) is 39.5 Å². The summed E-state index contributed by atoms with van der Waals surface area (Å²) in [5.41, 5.74) is 0. The number of carbonyl (C=O) groups is 1. The summed E-state index contributed by atoms with van der Waals surface area (Å²) in [7, 11) is 0. The van der Waals surface area contributed by atoms with E-state index in [0.29, 0.717) is 13.0 Å². The SMILES string of the molecule is CCC(CC)NC(=O)CN1CCC[C@H](C(F)(F)F)C1. The predicted octanol–water partition coefficient (Wildman–Crippen LogP) is 2.57. The van der Waals surface area contributed by atoms with Crippen LogP contribution in [0, 0.1) is 5.92 Å². The van der Waals surface area contributed by atoms with Gasteiger partial charge in [0.2, 0.25) is 5.91 Å². The number of rotatable bonds is 5. The molecule has 3 nitrogen and oxygen atoms in total. The first-order chi connectivity index (χ1) is 8.86. The molecule has 0 aromatic carbocycles. The lowest BCUT2D eigenvalue weighted by molar-refractivity contribution is -0.187. The average molecular weight is 280 g/mol. The van der Waals surface area contributed by atoms with E-state index >= 15 is 0 Å². The molecule has 6 heteroatoms. The van der Waals surface area contributed by atoms with E-state index < -0.39 is 12.1 Å². The van der Waals surface area contributed by atoms with Crippen LogP contribution in [0.4, 0.5) is 13.2 Å². The van der Waals surface area contributed by atoms with Crippen LogP contribution in [0.2, 0.25) is 0 Å². The van der Waals surface area contributed by atoms with Crippen LogP contribution in [0.5, 0.6) is 0 Å². The topological polar surface area (TPSA) is 32.3 Å². The number of nitrogens with zero attached hydrogens (tertiary/aromatic N) is 1. The first-order valence-corrected chi connectivity index (χ1v) is 6.95. The molecular weight excluding hydrogens is 257 g/mol. The number of piperidine rings is 1. The highest BCUT2D eigenvalue weighted by Gasteiger charge is 2.41. The maximum atomic E-state index is 12.6. The highest BCUT2D eigenvalue weighted by Crippen LogP contribution is 2.32. The minimum Gasteiger partial charge on any atom is -0.352 e. The molecule has 0 saturated carbocycles. The van der Waals surface area contributed by atoms with Gasteiger partial charge >= 0.3 is 6.18 Å². The van der Waals surface area contributed by atoms with E-state index in [2.05, 4.69) is 5.32 Å². The monoisotopic (exact) mass is 280 g/mol. The van der Waals surface area contributed by atoms with Crippen molar-refractivity contribution in [2.24, 2.45) is 5.92 Å². The Bertz CT molecular complexity index is 290. The first-order valence-electron chi connectivity index (χ1n) is 6.95. The van der Waals surface area contributed by atoms with E-state index in [1.165, 1.54) is 0 Å². The van der Waals surface area contributed by atoms with Crippen molar-refractivity contribution in [2.75, 3.05) is 19.6 Å². The van der Waals surface area contributed by atoms with Gasteiger partial charge in [-0.05, 0) is 32.2 Å². The van der Waals surface area contributed by atoms with Crippen molar-refractivity contribution < 1.29 is 18.0 Å². The smallest absolute Gasteiger partial charge is 0.352 e. The van der Waals surface area contributed by atoms with E-state index in [1.807, 2.05) is 13.8 Å². The molecule has 1 aliphatic heterocycles. The third-order valence-electron chi connectivity index (χ3n) is 3.69. The summed E-state index contributed by atoms with van der Waals surface area (Å²) in [5.74, 6) is -1.46. The normalized spacial score (nSPS) is 21.7. The Labute approximate surface area is 112 Å². The van der Waals surface area contributed by atoms with Gasteiger partial charge in [0.15, 0.2) is 0 Å². The third-order valence-corrected chi connectivity index (χ3v) is 3.69. The van der Waals surface area contributed by atoms with Gasteiger partial charge in [-0.1, -0.05) is 13.8 Å². The quantitative estimate of drug-likeness (QED) is 0.839. The molecule has 1 saturated heterocycles. The van der Waals surface area contributed by atoms with Crippen LogP contribution < -0.4 is 5.32 Å². The molecule has 19 heavy (non-hydrogen) atoms. The number of nitrogens with one attached hydrogen (secondary N) is 1. The molecule has 112 valence electrons. The molecule has 0 spiro atoms. The Balaban J connectivity index is 2.42. The predicted molar refractivity (Wildman–Crippen MR) is 67.7 cm³/mol. The van der Waals surface area contributed by atoms with E-state index in [9.17, 15) is 18.0 Å². The highest BCUT2D eigenvalue weighted by atomic mass is 19.4. The Hall–Kier alpha value is -0.780. The molecule has 1 heterocycles. The maximum absolute atomic E-state index is 12.6. The largest absolute Gasteiger partial charge is 0.393 e. The summed E-state index contributed by atoms with van der Waals surface area (Å²) in [4.78, 5) is 13.4. The standard InChI is InChI=1S/C13H23F3N2O/c1-3-11(4-2)17-12(19)9-18-7-5-6-10(8-18)13(14,15)16/h10-11H,3-9H2,1-2H3,(H,17,19)/t10-/m0/s1. The van der Waals surface area contributed by atoms with E-state index in [0.717, 1.165) is 12.8 Å². The van der Waals surface area contributed by atoms with Crippen LogP contribution in [0.25, 0.3) is 0 Å². The minimum atomic E-state index is -4.15. The summed E-state index contributed by atoms with van der Waals surface area (Å²) in [5, 5.41) is 2.86. The zero-order chi connectivity index (χ0) is 14.5. The maximum Gasteiger partial charge on any atom is 0.393 e. The van der Waals surface area contributed by atoms with Gasteiger partial charge in [0.1, 0.15) is 0 Å². The zero-order valence-corrected chi connectivity index (χ0v) is 11.6. The van der Waals surface area contributed by atoms with Gasteiger partial charge in [-0.3, -0.25) is 9.69 Å². The van der Waals surface area contributed by atoms with Crippen LogP contribution in [0.3, 0.4) is 0 Å². The van der Waals surface area contributed by atoms with Gasteiger partial charge in [-0.2, -0.15) is 13.2 Å². The van der Waals surface area contributed by atoms with Crippen molar-refractivity contribution >= 4 is 5.91 Å². The summed E-state index contributed by atoms with van der Waals surface area (Å²) in [6.45, 7) is 4.55. The lowest BCUT2D eigenvalue weighted by atomic mass is 9.97. The molecule has 1 N–H and O–H groups in total. The fraction of sp³-hybridized carbons (Fsp3) is 0.923. The van der Waals surface area contributed by atoms with Gasteiger partial charge in [-0.15, -0.1) is 0 Å². The van der Waals surface area contributed by atoms with Crippen molar-refractivity contribution in [1.29, 1.82) is 0 Å². The summed E-state index contributed by atoms with van der Waals surface area (Å²) >= 11 is 0. The van der Waals surface area contributed by atoms with E-state index in [1.54, 1.807) is 4.90 Å². The highest BCUT2D eigenvalue weighted by molar-refractivity contribution is 5.78. The number of likely N-dealkylation sites (tertiary alicyclic amines) is 1. The number of alkyl halides is 3. The van der Waals surface area contributed by atoms with Gasteiger partial charge in [0.25, 0.3) is 0 Å². The van der Waals surface area contributed by atoms with Crippen molar-refractivity contribution in [3.8, 4) is 0 Å². The second-order valence-corrected chi connectivity index (χ2v) is 5.20. The Morgan fingerprint density at radius 2 is 2.00 bits per heavy atom. The second kappa shape index (κ2) is 7.12. The molecular formula is C13H23F3N2O. The molecule has 0 aliphatic carbocycles. The van der Waals surface area contributed by atoms with Gasteiger partial charge in [0.05, 0.1) is 12.5 Å². The minimum absolute atomic E-state index is 0.0557. The van der Waals surface area contributed by atoms with Crippen molar-refractivity contribution in [3.05, 3.63) is 0 Å².